The van der Waals surface area contributed by atoms with E-state index in [1.54, 1.807) is 0 Å². The fraction of sp³-hybridized carbons (Fsp3) is 0.571. The highest BCUT2D eigenvalue weighted by Gasteiger charge is 2.52. The van der Waals surface area contributed by atoms with Gasteiger partial charge in [-0.3, -0.25) is 4.90 Å². The van der Waals surface area contributed by atoms with Crippen LogP contribution in [0.2, 0.25) is 0 Å². The van der Waals surface area contributed by atoms with Crippen molar-refractivity contribution in [1.29, 1.82) is 0 Å². The Morgan fingerprint density at radius 2 is 1.47 bits per heavy atom. The van der Waals surface area contributed by atoms with E-state index >= 15 is 0 Å². The summed E-state index contributed by atoms with van der Waals surface area (Å²) in [6.07, 6.45) is 3.00. The minimum Gasteiger partial charge on any atom is -0.396 e. The van der Waals surface area contributed by atoms with Gasteiger partial charge < -0.3 is 15.3 Å². The Labute approximate surface area is 193 Å². The molecule has 1 aliphatic rings. The molecule has 1 fully saturated rings. The third-order valence-corrected chi connectivity index (χ3v) is 7.20. The second-order valence-corrected chi connectivity index (χ2v) is 10.6. The minimum atomic E-state index is -1.16. The van der Waals surface area contributed by atoms with Gasteiger partial charge in [-0.25, -0.2) is 0 Å². The van der Waals surface area contributed by atoms with Crippen molar-refractivity contribution >= 4 is 0 Å². The highest BCUT2D eigenvalue weighted by molar-refractivity contribution is 5.18. The Morgan fingerprint density at radius 1 is 0.938 bits per heavy atom. The first-order valence-electron chi connectivity index (χ1n) is 12.1. The maximum Gasteiger partial charge on any atom is 0.0985 e. The standard InChI is InChI=1S/C28H41NO3/c1-27(2,3)25-16-10-11-18-28(25,32)26(31)24(17-19-30)29(20-22-12-6-4-7-13-22)21-23-14-8-5-9-15-23/h4-9,12-15,24-26,30-32H,10-11,16-21H2,1-3H3/t24-,25+,26+,28+/m0/s1. The van der Waals surface area contributed by atoms with Crippen LogP contribution in [0.5, 0.6) is 0 Å². The molecule has 4 nitrogen and oxygen atoms in total. The zero-order valence-corrected chi connectivity index (χ0v) is 20.0. The molecule has 32 heavy (non-hydrogen) atoms. The van der Waals surface area contributed by atoms with E-state index in [1.807, 2.05) is 36.4 Å². The average molecular weight is 440 g/mol. The number of aliphatic hydroxyl groups is 3. The van der Waals surface area contributed by atoms with Crippen molar-refractivity contribution in [3.8, 4) is 0 Å². The molecule has 0 bridgehead atoms. The molecule has 0 radical (unpaired) electrons. The lowest BCUT2D eigenvalue weighted by Crippen LogP contribution is -2.61. The molecule has 1 saturated carbocycles. The van der Waals surface area contributed by atoms with Gasteiger partial charge in [-0.05, 0) is 41.7 Å². The summed E-state index contributed by atoms with van der Waals surface area (Å²) in [5.74, 6) is 0.00948. The van der Waals surface area contributed by atoms with Crippen LogP contribution in [0.3, 0.4) is 0 Å². The molecule has 2 aromatic rings. The smallest absolute Gasteiger partial charge is 0.0985 e. The predicted molar refractivity (Wildman–Crippen MR) is 130 cm³/mol. The van der Waals surface area contributed by atoms with E-state index in [-0.39, 0.29) is 24.0 Å². The van der Waals surface area contributed by atoms with Crippen molar-refractivity contribution < 1.29 is 15.3 Å². The number of hydrogen-bond donors (Lipinski definition) is 3. The minimum absolute atomic E-state index is 0.00948. The second-order valence-electron chi connectivity index (χ2n) is 10.6. The van der Waals surface area contributed by atoms with E-state index in [0.29, 0.717) is 25.9 Å². The quantitative estimate of drug-likeness (QED) is 0.527. The maximum absolute atomic E-state index is 12.0. The summed E-state index contributed by atoms with van der Waals surface area (Å²) in [5.41, 5.74) is 1.04. The highest BCUT2D eigenvalue weighted by Crippen LogP contribution is 2.47. The molecule has 3 rings (SSSR count). The first-order valence-corrected chi connectivity index (χ1v) is 12.1. The van der Waals surface area contributed by atoms with Crippen LogP contribution in [-0.4, -0.2) is 44.6 Å². The molecule has 0 unspecified atom stereocenters. The summed E-state index contributed by atoms with van der Waals surface area (Å²) < 4.78 is 0. The molecule has 2 aromatic carbocycles. The van der Waals surface area contributed by atoms with Crippen LogP contribution in [0, 0.1) is 11.3 Å². The largest absolute Gasteiger partial charge is 0.396 e. The molecule has 3 N–H and O–H groups in total. The van der Waals surface area contributed by atoms with Gasteiger partial charge in [0.2, 0.25) is 0 Å². The molecule has 4 heteroatoms. The number of nitrogens with zero attached hydrogens (tertiary/aromatic N) is 1. The Kier molecular flexibility index (Phi) is 8.51. The summed E-state index contributed by atoms with van der Waals surface area (Å²) in [7, 11) is 0. The Bertz CT molecular complexity index is 763. The van der Waals surface area contributed by atoms with Gasteiger partial charge >= 0.3 is 0 Å². The van der Waals surface area contributed by atoms with Crippen molar-refractivity contribution in [1.82, 2.24) is 4.90 Å². The third kappa shape index (κ3) is 5.99. The van der Waals surface area contributed by atoms with Gasteiger partial charge in [-0.1, -0.05) is 94.3 Å². The van der Waals surface area contributed by atoms with Gasteiger partial charge in [-0.2, -0.15) is 0 Å². The van der Waals surface area contributed by atoms with Crippen LogP contribution < -0.4 is 0 Å². The van der Waals surface area contributed by atoms with E-state index in [9.17, 15) is 15.3 Å². The summed E-state index contributed by atoms with van der Waals surface area (Å²) in [4.78, 5) is 2.23. The molecular weight excluding hydrogens is 398 g/mol. The fourth-order valence-corrected chi connectivity index (χ4v) is 5.65. The molecule has 0 spiro atoms. The number of benzene rings is 2. The lowest BCUT2D eigenvalue weighted by atomic mass is 9.61. The summed E-state index contributed by atoms with van der Waals surface area (Å²) >= 11 is 0. The van der Waals surface area contributed by atoms with Gasteiger partial charge in [0.1, 0.15) is 0 Å². The Morgan fingerprint density at radius 3 is 1.94 bits per heavy atom. The van der Waals surface area contributed by atoms with E-state index in [4.69, 9.17) is 0 Å². The topological polar surface area (TPSA) is 63.9 Å². The van der Waals surface area contributed by atoms with Gasteiger partial charge in [0.05, 0.1) is 11.7 Å². The van der Waals surface area contributed by atoms with Gasteiger partial charge in [0.25, 0.3) is 0 Å². The van der Waals surface area contributed by atoms with Gasteiger partial charge in [0.15, 0.2) is 0 Å². The van der Waals surface area contributed by atoms with Crippen molar-refractivity contribution in [3.05, 3.63) is 71.8 Å². The third-order valence-electron chi connectivity index (χ3n) is 7.20. The van der Waals surface area contributed by atoms with Crippen LogP contribution in [-0.2, 0) is 13.1 Å². The van der Waals surface area contributed by atoms with Crippen LogP contribution >= 0.6 is 0 Å². The zero-order valence-electron chi connectivity index (χ0n) is 20.0. The van der Waals surface area contributed by atoms with E-state index < -0.39 is 11.7 Å². The summed E-state index contributed by atoms with van der Waals surface area (Å²) in [6.45, 7) is 7.74. The molecule has 0 amide bonds. The lowest BCUT2D eigenvalue weighted by Gasteiger charge is -2.52. The molecule has 0 aliphatic heterocycles. The van der Waals surface area contributed by atoms with Crippen molar-refractivity contribution in [2.24, 2.45) is 11.3 Å². The Hall–Kier alpha value is -1.72. The predicted octanol–water partition coefficient (Wildman–Crippen LogP) is 4.77. The Balaban J connectivity index is 1.95. The van der Waals surface area contributed by atoms with Crippen LogP contribution in [0.25, 0.3) is 0 Å². The van der Waals surface area contributed by atoms with Crippen LogP contribution in [0.4, 0.5) is 0 Å². The normalized spacial score (nSPS) is 23.8. The fourth-order valence-electron chi connectivity index (χ4n) is 5.65. The van der Waals surface area contributed by atoms with Crippen molar-refractivity contribution in [3.63, 3.8) is 0 Å². The monoisotopic (exact) mass is 439 g/mol. The molecule has 0 aromatic heterocycles. The highest BCUT2D eigenvalue weighted by atomic mass is 16.3. The number of rotatable bonds is 9. The summed E-state index contributed by atoms with van der Waals surface area (Å²) in [6, 6.07) is 20.1. The van der Waals surface area contributed by atoms with Gasteiger partial charge in [-0.15, -0.1) is 0 Å². The van der Waals surface area contributed by atoms with Gasteiger partial charge in [0, 0.05) is 25.7 Å². The molecule has 176 valence electrons. The zero-order chi connectivity index (χ0) is 23.2. The number of hydrogen-bond acceptors (Lipinski definition) is 4. The van der Waals surface area contributed by atoms with E-state index in [2.05, 4.69) is 49.9 Å². The molecule has 1 aliphatic carbocycles. The molecular formula is C28H41NO3. The molecule has 4 atom stereocenters. The van der Waals surface area contributed by atoms with Crippen molar-refractivity contribution in [2.45, 2.75) is 83.7 Å². The van der Waals surface area contributed by atoms with E-state index in [1.165, 1.54) is 0 Å². The second kappa shape index (κ2) is 10.9. The molecule has 0 heterocycles. The van der Waals surface area contributed by atoms with Crippen LogP contribution in [0.1, 0.15) is 64.0 Å². The van der Waals surface area contributed by atoms with Crippen LogP contribution in [0.15, 0.2) is 60.7 Å². The van der Waals surface area contributed by atoms with Crippen molar-refractivity contribution in [2.75, 3.05) is 6.61 Å². The SMILES string of the molecule is CC(C)(C)[C@H]1CCCC[C@]1(O)[C@H](O)[C@H](CCO)N(Cc1ccccc1)Cc1ccccc1. The van der Waals surface area contributed by atoms with E-state index in [0.717, 1.165) is 30.4 Å². The summed E-state index contributed by atoms with van der Waals surface area (Å²) in [5, 5.41) is 33.7. The molecule has 0 saturated heterocycles. The average Bonchev–Trinajstić information content (AvgIpc) is 2.77. The first kappa shape index (κ1) is 24.9. The maximum atomic E-state index is 12.0. The first-order chi connectivity index (χ1) is 15.3. The number of aliphatic hydroxyl groups excluding tert-OH is 2. The lowest BCUT2D eigenvalue weighted by molar-refractivity contribution is -0.183.